The maximum absolute atomic E-state index is 14.5. The number of sulfonamides is 1. The van der Waals surface area contributed by atoms with Crippen molar-refractivity contribution in [3.63, 3.8) is 0 Å². The normalized spacial score (nSPS) is 11.8. The Labute approximate surface area is 266 Å². The number of anilines is 1. The van der Waals surface area contributed by atoms with Crippen LogP contribution < -0.4 is 14.4 Å². The maximum atomic E-state index is 14.5. The number of benzene rings is 4. The van der Waals surface area contributed by atoms with Gasteiger partial charge in [0.1, 0.15) is 18.3 Å². The Bertz CT molecular complexity index is 1690. The lowest BCUT2D eigenvalue weighted by Crippen LogP contribution is -2.53. The van der Waals surface area contributed by atoms with Gasteiger partial charge in [0.05, 0.1) is 17.7 Å². The van der Waals surface area contributed by atoms with Gasteiger partial charge in [0.2, 0.25) is 11.8 Å². The first-order valence-electron chi connectivity index (χ1n) is 15.0. The molecule has 9 heteroatoms. The first kappa shape index (κ1) is 33.3. The van der Waals surface area contributed by atoms with Crippen LogP contribution in [0, 0.1) is 13.8 Å². The highest BCUT2D eigenvalue weighted by atomic mass is 32.2. The molecule has 0 spiro atoms. The number of rotatable bonds is 14. The Hall–Kier alpha value is -4.63. The van der Waals surface area contributed by atoms with E-state index in [0.717, 1.165) is 27.4 Å². The summed E-state index contributed by atoms with van der Waals surface area (Å²) >= 11 is 0. The number of amides is 2. The molecule has 0 aromatic heterocycles. The SMILES string of the molecule is CCCNC(=O)[C@H](Cc1ccccc1)N(Cc1cccc(OC)c1)C(=O)CN(c1ccccc1C)S(=O)(=O)c1ccc(C)cc1. The largest absolute Gasteiger partial charge is 0.497 e. The molecule has 0 saturated carbocycles. The molecule has 4 aromatic carbocycles. The lowest BCUT2D eigenvalue weighted by Gasteiger charge is -2.34. The second-order valence-corrected chi connectivity index (χ2v) is 12.8. The van der Waals surface area contributed by atoms with Gasteiger partial charge in [0.15, 0.2) is 0 Å². The molecule has 0 fully saturated rings. The van der Waals surface area contributed by atoms with Crippen molar-refractivity contribution < 1.29 is 22.7 Å². The summed E-state index contributed by atoms with van der Waals surface area (Å²) < 4.78 is 35.0. The Morgan fingerprint density at radius 1 is 0.844 bits per heavy atom. The van der Waals surface area contributed by atoms with Gasteiger partial charge >= 0.3 is 0 Å². The molecule has 4 aromatic rings. The smallest absolute Gasteiger partial charge is 0.264 e. The fraction of sp³-hybridized carbons (Fsp3) is 0.278. The van der Waals surface area contributed by atoms with Crippen molar-refractivity contribution in [2.24, 2.45) is 0 Å². The molecule has 1 N–H and O–H groups in total. The van der Waals surface area contributed by atoms with E-state index in [2.05, 4.69) is 5.32 Å². The zero-order valence-corrected chi connectivity index (χ0v) is 27.1. The fourth-order valence-corrected chi connectivity index (χ4v) is 6.56. The van der Waals surface area contributed by atoms with E-state index in [4.69, 9.17) is 4.74 Å². The van der Waals surface area contributed by atoms with Crippen molar-refractivity contribution in [1.29, 1.82) is 0 Å². The molecule has 2 amide bonds. The topological polar surface area (TPSA) is 96.0 Å². The van der Waals surface area contributed by atoms with E-state index in [1.165, 1.54) is 4.90 Å². The van der Waals surface area contributed by atoms with Crippen molar-refractivity contribution in [2.75, 3.05) is 24.5 Å². The zero-order valence-electron chi connectivity index (χ0n) is 26.3. The van der Waals surface area contributed by atoms with Crippen molar-refractivity contribution in [1.82, 2.24) is 10.2 Å². The van der Waals surface area contributed by atoms with Crippen molar-refractivity contribution >= 4 is 27.5 Å². The van der Waals surface area contributed by atoms with Gasteiger partial charge in [-0.05, 0) is 67.3 Å². The minimum Gasteiger partial charge on any atom is -0.497 e. The van der Waals surface area contributed by atoms with Gasteiger partial charge < -0.3 is 15.0 Å². The molecule has 0 radical (unpaired) electrons. The third-order valence-electron chi connectivity index (χ3n) is 7.58. The lowest BCUT2D eigenvalue weighted by atomic mass is 10.0. The van der Waals surface area contributed by atoms with Crippen LogP contribution in [-0.4, -0.2) is 51.4 Å². The fourth-order valence-electron chi connectivity index (χ4n) is 5.08. The Morgan fingerprint density at radius 2 is 1.51 bits per heavy atom. The molecule has 45 heavy (non-hydrogen) atoms. The van der Waals surface area contributed by atoms with Gasteiger partial charge in [-0.15, -0.1) is 0 Å². The molecule has 0 aliphatic heterocycles. The van der Waals surface area contributed by atoms with Crippen LogP contribution in [-0.2, 0) is 32.6 Å². The van der Waals surface area contributed by atoms with E-state index in [1.807, 2.05) is 81.4 Å². The van der Waals surface area contributed by atoms with Gasteiger partial charge in [0.25, 0.3) is 10.0 Å². The van der Waals surface area contributed by atoms with Crippen LogP contribution in [0.5, 0.6) is 5.75 Å². The number of methoxy groups -OCH3 is 1. The van der Waals surface area contributed by atoms with Crippen LogP contribution in [0.4, 0.5) is 5.69 Å². The summed E-state index contributed by atoms with van der Waals surface area (Å²) in [6.45, 7) is 5.66. The van der Waals surface area contributed by atoms with E-state index < -0.39 is 28.5 Å². The van der Waals surface area contributed by atoms with Gasteiger partial charge in [-0.25, -0.2) is 8.42 Å². The second kappa shape index (κ2) is 15.4. The average Bonchev–Trinajstić information content (AvgIpc) is 3.05. The molecule has 0 heterocycles. The number of aryl methyl sites for hydroxylation is 2. The van der Waals surface area contributed by atoms with E-state index >= 15 is 0 Å². The lowest BCUT2D eigenvalue weighted by molar-refractivity contribution is -0.140. The Kier molecular flexibility index (Phi) is 11.4. The summed E-state index contributed by atoms with van der Waals surface area (Å²) in [5, 5.41) is 2.96. The minimum atomic E-state index is -4.16. The van der Waals surface area contributed by atoms with E-state index in [0.29, 0.717) is 23.5 Å². The third-order valence-corrected chi connectivity index (χ3v) is 9.35. The van der Waals surface area contributed by atoms with Crippen LogP contribution in [0.15, 0.2) is 108 Å². The average molecular weight is 628 g/mol. The highest BCUT2D eigenvalue weighted by Gasteiger charge is 2.35. The van der Waals surface area contributed by atoms with Crippen molar-refractivity contribution in [3.05, 3.63) is 125 Å². The summed E-state index contributed by atoms with van der Waals surface area (Å²) in [5.74, 6) is -0.205. The molecule has 0 saturated heterocycles. The molecular formula is C36H41N3O5S. The molecule has 236 valence electrons. The monoisotopic (exact) mass is 627 g/mol. The molecule has 0 aliphatic carbocycles. The molecule has 4 rings (SSSR count). The Morgan fingerprint density at radius 3 is 2.18 bits per heavy atom. The highest BCUT2D eigenvalue weighted by Crippen LogP contribution is 2.28. The number of hydrogen-bond acceptors (Lipinski definition) is 5. The van der Waals surface area contributed by atoms with Crippen molar-refractivity contribution in [3.8, 4) is 5.75 Å². The van der Waals surface area contributed by atoms with Gasteiger partial charge in [-0.2, -0.15) is 0 Å². The Balaban J connectivity index is 1.81. The number of para-hydroxylation sites is 1. The minimum absolute atomic E-state index is 0.0687. The first-order chi connectivity index (χ1) is 21.6. The predicted octanol–water partition coefficient (Wildman–Crippen LogP) is 5.67. The number of carbonyl (C=O) groups excluding carboxylic acids is 2. The molecule has 0 bridgehead atoms. The van der Waals surface area contributed by atoms with Gasteiger partial charge in [-0.3, -0.25) is 13.9 Å². The van der Waals surface area contributed by atoms with Crippen molar-refractivity contribution in [2.45, 2.75) is 51.1 Å². The summed E-state index contributed by atoms with van der Waals surface area (Å²) in [7, 11) is -2.60. The van der Waals surface area contributed by atoms with Crippen LogP contribution in [0.1, 0.15) is 35.6 Å². The summed E-state index contributed by atoms with van der Waals surface area (Å²) in [6, 6.07) is 29.5. The molecule has 0 aliphatic rings. The van der Waals surface area contributed by atoms with Crippen LogP contribution in [0.3, 0.4) is 0 Å². The number of hydrogen-bond donors (Lipinski definition) is 1. The van der Waals surface area contributed by atoms with Gasteiger partial charge in [0, 0.05) is 19.5 Å². The van der Waals surface area contributed by atoms with E-state index in [1.54, 1.807) is 49.6 Å². The molecule has 0 unspecified atom stereocenters. The van der Waals surface area contributed by atoms with E-state index in [9.17, 15) is 18.0 Å². The molecule has 1 atom stereocenters. The number of ether oxygens (including phenoxy) is 1. The maximum Gasteiger partial charge on any atom is 0.264 e. The molecular weight excluding hydrogens is 586 g/mol. The summed E-state index contributed by atoms with van der Waals surface area (Å²) in [6.07, 6.45) is 0.977. The number of nitrogens with zero attached hydrogens (tertiary/aromatic N) is 2. The van der Waals surface area contributed by atoms with Gasteiger partial charge in [-0.1, -0.05) is 85.3 Å². The van der Waals surface area contributed by atoms with Crippen LogP contribution in [0.2, 0.25) is 0 Å². The third kappa shape index (κ3) is 8.51. The quantitative estimate of drug-likeness (QED) is 0.194. The predicted molar refractivity (Wildman–Crippen MR) is 178 cm³/mol. The second-order valence-electron chi connectivity index (χ2n) is 11.0. The number of nitrogens with one attached hydrogen (secondary N) is 1. The van der Waals surface area contributed by atoms with Crippen LogP contribution in [0.25, 0.3) is 0 Å². The standard InChI is InChI=1S/C36H41N3O5S/c1-5-22-37-36(41)34(24-29-13-7-6-8-14-29)38(25-30-15-11-16-31(23-30)44-4)35(40)26-39(33-17-10-9-12-28(33)3)45(42,43)32-20-18-27(2)19-21-32/h6-21,23,34H,5,22,24-26H2,1-4H3,(H,37,41)/t34-/m0/s1. The zero-order chi connectivity index (χ0) is 32.4. The summed E-state index contributed by atoms with van der Waals surface area (Å²) in [4.78, 5) is 29.9. The van der Waals surface area contributed by atoms with Crippen LogP contribution >= 0.6 is 0 Å². The summed E-state index contributed by atoms with van der Waals surface area (Å²) in [5.41, 5.74) is 3.62. The number of carbonyl (C=O) groups is 2. The highest BCUT2D eigenvalue weighted by molar-refractivity contribution is 7.92. The van der Waals surface area contributed by atoms with E-state index in [-0.39, 0.29) is 23.8 Å². The first-order valence-corrected chi connectivity index (χ1v) is 16.5. The molecule has 8 nitrogen and oxygen atoms in total.